The molecule has 0 amide bonds. The number of hydrogen-bond acceptors (Lipinski definition) is 3. The average molecular weight is 239 g/mol. The number of allylic oxidation sites excluding steroid dienone is 3. The summed E-state index contributed by atoms with van der Waals surface area (Å²) in [5, 5.41) is 0.419. The van der Waals surface area contributed by atoms with E-state index in [4.69, 9.17) is 20.6 Å². The predicted octanol–water partition coefficient (Wildman–Crippen LogP) is 3.91. The lowest BCUT2D eigenvalue weighted by Crippen LogP contribution is -1.87. The lowest BCUT2D eigenvalue weighted by molar-refractivity contribution is 0.286. The Bertz CT molecular complexity index is 276. The summed E-state index contributed by atoms with van der Waals surface area (Å²) in [6.07, 6.45) is 2.65. The van der Waals surface area contributed by atoms with Crippen molar-refractivity contribution in [2.75, 3.05) is 14.2 Å². The van der Waals surface area contributed by atoms with Crippen LogP contribution in [0.2, 0.25) is 0 Å². The molecule has 0 atom stereocenters. The SMILES string of the molecule is C/C=C(CC)/C(Cl)=C/P(=O)(OC)OC. The topological polar surface area (TPSA) is 35.5 Å². The third-order valence-electron chi connectivity index (χ3n) is 1.82. The Balaban J connectivity index is 4.91. The van der Waals surface area contributed by atoms with Crippen LogP contribution in [0.15, 0.2) is 22.5 Å². The first-order valence-corrected chi connectivity index (χ1v) is 6.27. The van der Waals surface area contributed by atoms with Crippen molar-refractivity contribution in [1.29, 1.82) is 0 Å². The Morgan fingerprint density at radius 3 is 2.21 bits per heavy atom. The van der Waals surface area contributed by atoms with E-state index >= 15 is 0 Å². The fourth-order valence-corrected chi connectivity index (χ4v) is 2.32. The van der Waals surface area contributed by atoms with Gasteiger partial charge in [0.2, 0.25) is 0 Å². The molecule has 3 nitrogen and oxygen atoms in total. The third-order valence-corrected chi connectivity index (χ3v) is 3.91. The van der Waals surface area contributed by atoms with Crippen LogP contribution < -0.4 is 0 Å². The average Bonchev–Trinajstić information content (AvgIpc) is 2.19. The van der Waals surface area contributed by atoms with Crippen molar-refractivity contribution >= 4 is 19.2 Å². The standard InChI is InChI=1S/C9H16ClO3P/c1-5-8(6-2)9(10)7-14(11,12-3)13-4/h5,7H,6H2,1-4H3/b8-5+,9-7-. The molecule has 0 aromatic heterocycles. The van der Waals surface area contributed by atoms with Crippen molar-refractivity contribution in [3.63, 3.8) is 0 Å². The smallest absolute Gasteiger partial charge is 0.309 e. The second kappa shape index (κ2) is 6.41. The van der Waals surface area contributed by atoms with Gasteiger partial charge in [-0.1, -0.05) is 24.6 Å². The zero-order valence-corrected chi connectivity index (χ0v) is 10.6. The van der Waals surface area contributed by atoms with Gasteiger partial charge in [-0.3, -0.25) is 4.57 Å². The molecule has 0 saturated carbocycles. The summed E-state index contributed by atoms with van der Waals surface area (Å²) in [5.74, 6) is 1.33. The molecule has 0 bridgehead atoms. The zero-order valence-electron chi connectivity index (χ0n) is 8.91. The molecule has 82 valence electrons. The molecule has 0 aromatic rings. The Hall–Kier alpha value is -0.0800. The molecule has 0 unspecified atom stereocenters. The molecule has 0 fully saturated rings. The van der Waals surface area contributed by atoms with Crippen LogP contribution in [0.5, 0.6) is 0 Å². The maximum absolute atomic E-state index is 11.7. The van der Waals surface area contributed by atoms with Crippen LogP contribution in [0, 0.1) is 0 Å². The van der Waals surface area contributed by atoms with Crippen LogP contribution in [0.3, 0.4) is 0 Å². The maximum atomic E-state index is 11.7. The van der Waals surface area contributed by atoms with Crippen LogP contribution in [0.4, 0.5) is 0 Å². The molecule has 0 N–H and O–H groups in total. The summed E-state index contributed by atoms with van der Waals surface area (Å²) in [6.45, 7) is 3.84. The Labute approximate surface area is 90.3 Å². The minimum Gasteiger partial charge on any atom is -0.309 e. The van der Waals surface area contributed by atoms with E-state index in [-0.39, 0.29) is 0 Å². The van der Waals surface area contributed by atoms with E-state index in [0.29, 0.717) is 5.03 Å². The van der Waals surface area contributed by atoms with Gasteiger partial charge in [0.1, 0.15) is 0 Å². The Morgan fingerprint density at radius 1 is 1.43 bits per heavy atom. The van der Waals surface area contributed by atoms with E-state index < -0.39 is 7.60 Å². The van der Waals surface area contributed by atoms with Gasteiger partial charge in [-0.2, -0.15) is 0 Å². The highest BCUT2D eigenvalue weighted by Gasteiger charge is 2.18. The summed E-state index contributed by atoms with van der Waals surface area (Å²) in [7, 11) is -0.501. The summed E-state index contributed by atoms with van der Waals surface area (Å²) in [6, 6.07) is 0. The van der Waals surface area contributed by atoms with Crippen LogP contribution >= 0.6 is 19.2 Å². The minimum atomic E-state index is -3.15. The van der Waals surface area contributed by atoms with Gasteiger partial charge in [0, 0.05) is 20.0 Å². The van der Waals surface area contributed by atoms with Crippen molar-refractivity contribution in [2.24, 2.45) is 0 Å². The highest BCUT2D eigenvalue weighted by Crippen LogP contribution is 2.50. The molecule has 0 rings (SSSR count). The molecule has 0 aliphatic carbocycles. The summed E-state index contributed by atoms with van der Waals surface area (Å²) < 4.78 is 21.1. The van der Waals surface area contributed by atoms with Crippen molar-refractivity contribution in [1.82, 2.24) is 0 Å². The van der Waals surface area contributed by atoms with Crippen LogP contribution in [-0.4, -0.2) is 14.2 Å². The summed E-state index contributed by atoms with van der Waals surface area (Å²) in [5.41, 5.74) is 0.918. The first-order chi connectivity index (χ1) is 6.52. The summed E-state index contributed by atoms with van der Waals surface area (Å²) >= 11 is 5.95. The molecule has 0 radical (unpaired) electrons. The second-order valence-electron chi connectivity index (χ2n) is 2.55. The molecular weight excluding hydrogens is 223 g/mol. The van der Waals surface area contributed by atoms with Gasteiger partial charge >= 0.3 is 7.60 Å². The van der Waals surface area contributed by atoms with E-state index in [0.717, 1.165) is 12.0 Å². The van der Waals surface area contributed by atoms with Crippen molar-refractivity contribution < 1.29 is 13.6 Å². The van der Waals surface area contributed by atoms with Crippen LogP contribution in [-0.2, 0) is 13.6 Å². The van der Waals surface area contributed by atoms with Gasteiger partial charge in [-0.25, -0.2) is 0 Å². The van der Waals surface area contributed by atoms with E-state index in [1.807, 2.05) is 19.9 Å². The van der Waals surface area contributed by atoms with Gasteiger partial charge in [0.05, 0.1) is 5.03 Å². The molecule has 14 heavy (non-hydrogen) atoms. The fourth-order valence-electron chi connectivity index (χ4n) is 0.913. The van der Waals surface area contributed by atoms with Crippen molar-refractivity contribution in [2.45, 2.75) is 20.3 Å². The van der Waals surface area contributed by atoms with E-state index in [2.05, 4.69) is 0 Å². The Kier molecular flexibility index (Phi) is 6.38. The highest BCUT2D eigenvalue weighted by atomic mass is 35.5. The van der Waals surface area contributed by atoms with Crippen molar-refractivity contribution in [3.05, 3.63) is 22.5 Å². The van der Waals surface area contributed by atoms with Crippen molar-refractivity contribution in [3.8, 4) is 0 Å². The summed E-state index contributed by atoms with van der Waals surface area (Å²) in [4.78, 5) is 0. The third kappa shape index (κ3) is 3.97. The van der Waals surface area contributed by atoms with Crippen LogP contribution in [0.1, 0.15) is 20.3 Å². The number of hydrogen-bond donors (Lipinski definition) is 0. The monoisotopic (exact) mass is 238 g/mol. The molecular formula is C9H16ClO3P. The molecule has 5 heteroatoms. The molecule has 0 heterocycles. The van der Waals surface area contributed by atoms with Gasteiger partial charge in [-0.15, -0.1) is 0 Å². The molecule has 0 aliphatic heterocycles. The Morgan fingerprint density at radius 2 is 1.93 bits per heavy atom. The fraction of sp³-hybridized carbons (Fsp3) is 0.556. The van der Waals surface area contributed by atoms with Gasteiger partial charge in [-0.05, 0) is 18.9 Å². The molecule has 0 spiro atoms. The lowest BCUT2D eigenvalue weighted by Gasteiger charge is -2.10. The number of rotatable bonds is 5. The predicted molar refractivity (Wildman–Crippen MR) is 59.6 cm³/mol. The second-order valence-corrected chi connectivity index (χ2v) is 5.02. The van der Waals surface area contributed by atoms with E-state index in [1.165, 1.54) is 20.0 Å². The van der Waals surface area contributed by atoms with E-state index in [1.54, 1.807) is 0 Å². The first-order valence-electron chi connectivity index (χ1n) is 4.28. The largest absolute Gasteiger partial charge is 0.355 e. The molecule has 0 aliphatic rings. The van der Waals surface area contributed by atoms with Gasteiger partial charge in [0.15, 0.2) is 0 Å². The lowest BCUT2D eigenvalue weighted by atomic mass is 10.2. The van der Waals surface area contributed by atoms with E-state index in [9.17, 15) is 4.57 Å². The normalized spacial score (nSPS) is 14.6. The molecule has 0 saturated heterocycles. The quantitative estimate of drug-likeness (QED) is 0.538. The van der Waals surface area contributed by atoms with Gasteiger partial charge < -0.3 is 9.05 Å². The number of halogens is 1. The highest BCUT2D eigenvalue weighted by molar-refractivity contribution is 7.57. The zero-order chi connectivity index (χ0) is 11.2. The van der Waals surface area contributed by atoms with Gasteiger partial charge in [0.25, 0.3) is 0 Å². The molecule has 0 aromatic carbocycles. The maximum Gasteiger partial charge on any atom is 0.355 e. The minimum absolute atomic E-state index is 0.419. The first kappa shape index (κ1) is 13.9. The van der Waals surface area contributed by atoms with Crippen LogP contribution in [0.25, 0.3) is 0 Å².